The van der Waals surface area contributed by atoms with Crippen molar-refractivity contribution >= 4 is 5.91 Å². The standard InChI is InChI=1S/C21H29N3O3/c1-14-12-16(22-24(14)21(2,3)4)20(25)23-11-7-8-17(23)15-9-10-18(26-5)19(13-15)27-6/h9-10,12-13,17H,7-8,11H2,1-6H3/t17-/m1/s1. The molecule has 6 heteroatoms. The van der Waals surface area contributed by atoms with Crippen LogP contribution in [0.25, 0.3) is 0 Å². The minimum Gasteiger partial charge on any atom is -0.493 e. The number of rotatable bonds is 4. The summed E-state index contributed by atoms with van der Waals surface area (Å²) in [5.74, 6) is 1.36. The summed E-state index contributed by atoms with van der Waals surface area (Å²) in [6, 6.07) is 7.79. The molecule has 0 saturated carbocycles. The molecule has 1 aromatic carbocycles. The van der Waals surface area contributed by atoms with E-state index in [1.165, 1.54) is 0 Å². The monoisotopic (exact) mass is 371 g/mol. The number of aryl methyl sites for hydroxylation is 1. The number of carbonyl (C=O) groups excluding carboxylic acids is 1. The fraction of sp³-hybridized carbons (Fsp3) is 0.524. The number of hydrogen-bond donors (Lipinski definition) is 0. The van der Waals surface area contributed by atoms with Crippen LogP contribution in [0.4, 0.5) is 0 Å². The van der Waals surface area contributed by atoms with Gasteiger partial charge in [-0.05, 0) is 64.3 Å². The Morgan fingerprint density at radius 3 is 2.44 bits per heavy atom. The first kappa shape index (κ1) is 19.3. The number of methoxy groups -OCH3 is 2. The number of nitrogens with zero attached hydrogens (tertiary/aromatic N) is 3. The Bertz CT molecular complexity index is 836. The summed E-state index contributed by atoms with van der Waals surface area (Å²) in [7, 11) is 3.25. The number of ether oxygens (including phenoxy) is 2. The molecule has 1 aliphatic heterocycles. The molecule has 146 valence electrons. The van der Waals surface area contributed by atoms with E-state index in [2.05, 4.69) is 25.9 Å². The van der Waals surface area contributed by atoms with Crippen LogP contribution in [0.1, 0.15) is 61.4 Å². The van der Waals surface area contributed by atoms with Crippen LogP contribution in [-0.2, 0) is 5.54 Å². The summed E-state index contributed by atoms with van der Waals surface area (Å²) in [6.45, 7) is 8.99. The van der Waals surface area contributed by atoms with Crippen molar-refractivity contribution in [3.63, 3.8) is 0 Å². The first-order chi connectivity index (χ1) is 12.8. The Labute approximate surface area is 161 Å². The Balaban J connectivity index is 1.89. The zero-order valence-corrected chi connectivity index (χ0v) is 17.1. The van der Waals surface area contributed by atoms with Gasteiger partial charge in [-0.25, -0.2) is 0 Å². The van der Waals surface area contributed by atoms with Crippen LogP contribution in [0.2, 0.25) is 0 Å². The highest BCUT2D eigenvalue weighted by molar-refractivity contribution is 5.93. The van der Waals surface area contributed by atoms with Gasteiger partial charge in [-0.3, -0.25) is 9.48 Å². The van der Waals surface area contributed by atoms with Crippen LogP contribution >= 0.6 is 0 Å². The minimum atomic E-state index is -0.156. The molecule has 1 amide bonds. The summed E-state index contributed by atoms with van der Waals surface area (Å²) < 4.78 is 12.7. The Morgan fingerprint density at radius 2 is 1.85 bits per heavy atom. The van der Waals surface area contributed by atoms with E-state index < -0.39 is 0 Å². The van der Waals surface area contributed by atoms with Crippen molar-refractivity contribution in [2.45, 2.75) is 52.1 Å². The van der Waals surface area contributed by atoms with Crippen LogP contribution in [0, 0.1) is 6.92 Å². The third-order valence-electron chi connectivity index (χ3n) is 5.05. The quantitative estimate of drug-likeness (QED) is 0.817. The largest absolute Gasteiger partial charge is 0.493 e. The molecular formula is C21H29N3O3. The van der Waals surface area contributed by atoms with E-state index in [4.69, 9.17) is 9.47 Å². The van der Waals surface area contributed by atoms with Crippen molar-refractivity contribution in [1.82, 2.24) is 14.7 Å². The molecule has 0 unspecified atom stereocenters. The Hall–Kier alpha value is -2.50. The molecule has 0 N–H and O–H groups in total. The van der Waals surface area contributed by atoms with Crippen molar-refractivity contribution in [2.24, 2.45) is 0 Å². The van der Waals surface area contributed by atoms with Gasteiger partial charge in [0, 0.05) is 12.2 Å². The van der Waals surface area contributed by atoms with Gasteiger partial charge in [0.25, 0.3) is 5.91 Å². The minimum absolute atomic E-state index is 0.0154. The smallest absolute Gasteiger partial charge is 0.274 e. The van der Waals surface area contributed by atoms with Gasteiger partial charge < -0.3 is 14.4 Å². The highest BCUT2D eigenvalue weighted by Gasteiger charge is 2.33. The first-order valence-electron chi connectivity index (χ1n) is 9.36. The average Bonchev–Trinajstić information content (AvgIpc) is 3.26. The average molecular weight is 371 g/mol. The van der Waals surface area contributed by atoms with Crippen molar-refractivity contribution < 1.29 is 14.3 Å². The summed E-state index contributed by atoms with van der Waals surface area (Å²) in [6.07, 6.45) is 1.91. The summed E-state index contributed by atoms with van der Waals surface area (Å²) in [5, 5.41) is 4.60. The highest BCUT2D eigenvalue weighted by Crippen LogP contribution is 2.37. The van der Waals surface area contributed by atoms with E-state index in [1.54, 1.807) is 14.2 Å². The number of benzene rings is 1. The lowest BCUT2D eigenvalue weighted by Gasteiger charge is -2.25. The topological polar surface area (TPSA) is 56.6 Å². The van der Waals surface area contributed by atoms with Gasteiger partial charge in [-0.15, -0.1) is 0 Å². The van der Waals surface area contributed by atoms with Gasteiger partial charge in [0.2, 0.25) is 0 Å². The van der Waals surface area contributed by atoms with E-state index in [9.17, 15) is 4.79 Å². The van der Waals surface area contributed by atoms with Gasteiger partial charge in [-0.1, -0.05) is 6.07 Å². The maximum Gasteiger partial charge on any atom is 0.274 e. The van der Waals surface area contributed by atoms with Crippen LogP contribution in [-0.4, -0.2) is 41.4 Å². The van der Waals surface area contributed by atoms with Crippen molar-refractivity contribution in [3.8, 4) is 11.5 Å². The third-order valence-corrected chi connectivity index (χ3v) is 5.05. The summed E-state index contributed by atoms with van der Waals surface area (Å²) >= 11 is 0. The molecule has 1 aliphatic rings. The lowest BCUT2D eigenvalue weighted by molar-refractivity contribution is 0.0727. The van der Waals surface area contributed by atoms with Crippen LogP contribution in [0.3, 0.4) is 0 Å². The molecule has 2 heterocycles. The highest BCUT2D eigenvalue weighted by atomic mass is 16.5. The van der Waals surface area contributed by atoms with E-state index in [0.717, 1.165) is 30.6 Å². The Kier molecular flexibility index (Phi) is 5.18. The molecule has 3 rings (SSSR count). The number of carbonyl (C=O) groups is 1. The molecule has 0 bridgehead atoms. The van der Waals surface area contributed by atoms with Crippen molar-refractivity contribution in [3.05, 3.63) is 41.2 Å². The molecule has 0 aliphatic carbocycles. The molecule has 1 saturated heterocycles. The van der Waals surface area contributed by atoms with Crippen LogP contribution in [0.5, 0.6) is 11.5 Å². The van der Waals surface area contributed by atoms with Gasteiger partial charge in [-0.2, -0.15) is 5.10 Å². The van der Waals surface area contributed by atoms with E-state index in [1.807, 2.05) is 40.8 Å². The van der Waals surface area contributed by atoms with Gasteiger partial charge >= 0.3 is 0 Å². The molecule has 1 atom stereocenters. The lowest BCUT2D eigenvalue weighted by Crippen LogP contribution is -2.31. The second-order valence-corrected chi connectivity index (χ2v) is 8.02. The second-order valence-electron chi connectivity index (χ2n) is 8.02. The van der Waals surface area contributed by atoms with Crippen molar-refractivity contribution in [2.75, 3.05) is 20.8 Å². The molecule has 0 radical (unpaired) electrons. The number of hydrogen-bond acceptors (Lipinski definition) is 4. The Morgan fingerprint density at radius 1 is 1.15 bits per heavy atom. The van der Waals surface area contributed by atoms with Crippen LogP contribution < -0.4 is 9.47 Å². The molecule has 27 heavy (non-hydrogen) atoms. The third kappa shape index (κ3) is 3.66. The zero-order chi connectivity index (χ0) is 19.8. The molecule has 1 aromatic heterocycles. The summed E-state index contributed by atoms with van der Waals surface area (Å²) in [5.41, 5.74) is 2.41. The molecule has 2 aromatic rings. The zero-order valence-electron chi connectivity index (χ0n) is 17.1. The maximum absolute atomic E-state index is 13.2. The van der Waals surface area contributed by atoms with E-state index >= 15 is 0 Å². The molecular weight excluding hydrogens is 342 g/mol. The first-order valence-corrected chi connectivity index (χ1v) is 9.36. The summed E-state index contributed by atoms with van der Waals surface area (Å²) in [4.78, 5) is 15.1. The second kappa shape index (κ2) is 7.25. The van der Waals surface area contributed by atoms with Gasteiger partial charge in [0.1, 0.15) is 0 Å². The van der Waals surface area contributed by atoms with Gasteiger partial charge in [0.15, 0.2) is 17.2 Å². The van der Waals surface area contributed by atoms with Crippen LogP contribution in [0.15, 0.2) is 24.3 Å². The molecule has 1 fully saturated rings. The molecule has 6 nitrogen and oxygen atoms in total. The lowest BCUT2D eigenvalue weighted by atomic mass is 10.0. The van der Waals surface area contributed by atoms with E-state index in [-0.39, 0.29) is 17.5 Å². The predicted octanol–water partition coefficient (Wildman–Crippen LogP) is 3.94. The fourth-order valence-corrected chi connectivity index (χ4v) is 3.82. The predicted molar refractivity (Wildman–Crippen MR) is 105 cm³/mol. The van der Waals surface area contributed by atoms with Crippen molar-refractivity contribution in [1.29, 1.82) is 0 Å². The van der Waals surface area contributed by atoms with Gasteiger partial charge in [0.05, 0.1) is 25.8 Å². The molecule has 0 spiro atoms. The number of likely N-dealkylation sites (tertiary alicyclic amines) is 1. The maximum atomic E-state index is 13.2. The fourth-order valence-electron chi connectivity index (χ4n) is 3.82. The number of aromatic nitrogens is 2. The number of amides is 1. The normalized spacial score (nSPS) is 17.3. The SMILES string of the molecule is COc1ccc([C@H]2CCCN2C(=O)c2cc(C)n(C(C)(C)C)n2)cc1OC. The van der Waals surface area contributed by atoms with E-state index in [0.29, 0.717) is 17.2 Å².